The molecule has 2 amide bonds. The number of hydrogen-bond acceptors (Lipinski definition) is 4. The molecule has 2 N–H and O–H groups in total. The SMILES string of the molecule is O=C(O)CCC(NC(=O)OCC1c2ccccc2-c2ccccc21)C(=O)N1C[C@H]2CCC[C@H]2C1. The molecule has 1 heterocycles. The van der Waals surface area contributed by atoms with Gasteiger partial charge in [0.05, 0.1) is 0 Å². The lowest BCUT2D eigenvalue weighted by molar-refractivity contribution is -0.138. The first kappa shape index (κ1) is 22.4. The van der Waals surface area contributed by atoms with Crippen molar-refractivity contribution in [3.8, 4) is 11.1 Å². The van der Waals surface area contributed by atoms with Gasteiger partial charge >= 0.3 is 12.1 Å². The van der Waals surface area contributed by atoms with Crippen LogP contribution in [0.25, 0.3) is 11.1 Å². The predicted molar refractivity (Wildman–Crippen MR) is 126 cm³/mol. The summed E-state index contributed by atoms with van der Waals surface area (Å²) >= 11 is 0. The number of amides is 2. The molecule has 3 aliphatic rings. The van der Waals surface area contributed by atoms with Crippen molar-refractivity contribution in [2.45, 2.75) is 44.1 Å². The summed E-state index contributed by atoms with van der Waals surface area (Å²) in [4.78, 5) is 38.9. The van der Waals surface area contributed by atoms with Gasteiger partial charge in [0.15, 0.2) is 0 Å². The molecule has 3 atom stereocenters. The average Bonchev–Trinajstić information content (AvgIpc) is 3.52. The number of carboxylic acid groups (broad SMARTS) is 1. The zero-order chi connectivity index (χ0) is 23.7. The minimum absolute atomic E-state index is 0.0458. The molecule has 0 spiro atoms. The highest BCUT2D eigenvalue weighted by atomic mass is 16.5. The number of carboxylic acids is 1. The van der Waals surface area contributed by atoms with Crippen LogP contribution in [0.1, 0.15) is 49.1 Å². The number of alkyl carbamates (subject to hydrolysis) is 1. The number of aliphatic carboxylic acids is 1. The van der Waals surface area contributed by atoms with E-state index in [9.17, 15) is 14.4 Å². The van der Waals surface area contributed by atoms with Crippen molar-refractivity contribution in [2.75, 3.05) is 19.7 Å². The third-order valence-electron chi connectivity index (χ3n) is 7.62. The Bertz CT molecular complexity index is 1040. The number of hydrogen-bond donors (Lipinski definition) is 2. The van der Waals surface area contributed by atoms with Gasteiger partial charge in [-0.3, -0.25) is 9.59 Å². The standard InChI is InChI=1S/C27H30N2O5/c30-25(31)13-12-24(26(32)29-14-17-6-5-7-18(17)15-29)28-27(33)34-16-23-21-10-3-1-8-19(21)20-9-2-4-11-22(20)23/h1-4,8-11,17-18,23-24H,5-7,12-16H2,(H,28,33)(H,30,31)/t17-,18+,24?. The van der Waals surface area contributed by atoms with Gasteiger partial charge in [-0.1, -0.05) is 55.0 Å². The Kier molecular flexibility index (Phi) is 6.26. The molecule has 0 aromatic heterocycles. The van der Waals surface area contributed by atoms with Gasteiger partial charge in [0.1, 0.15) is 12.6 Å². The summed E-state index contributed by atoms with van der Waals surface area (Å²) in [6, 6.07) is 15.3. The van der Waals surface area contributed by atoms with Crippen molar-refractivity contribution < 1.29 is 24.2 Å². The molecule has 178 valence electrons. The molecule has 1 unspecified atom stereocenters. The number of carbonyl (C=O) groups is 3. The van der Waals surface area contributed by atoms with E-state index in [1.165, 1.54) is 6.42 Å². The number of rotatable bonds is 7. The van der Waals surface area contributed by atoms with Gasteiger partial charge in [0.25, 0.3) is 0 Å². The summed E-state index contributed by atoms with van der Waals surface area (Å²) in [5, 5.41) is 11.8. The molecule has 7 nitrogen and oxygen atoms in total. The maximum atomic E-state index is 13.2. The molecule has 2 aliphatic carbocycles. The maximum Gasteiger partial charge on any atom is 0.407 e. The van der Waals surface area contributed by atoms with Crippen molar-refractivity contribution in [1.29, 1.82) is 0 Å². The Morgan fingerprint density at radius 2 is 1.56 bits per heavy atom. The predicted octanol–water partition coefficient (Wildman–Crippen LogP) is 4.02. The number of nitrogens with one attached hydrogen (secondary N) is 1. The van der Waals surface area contributed by atoms with Crippen LogP contribution in [0, 0.1) is 11.8 Å². The van der Waals surface area contributed by atoms with E-state index in [-0.39, 0.29) is 31.3 Å². The molecule has 2 fully saturated rings. The highest BCUT2D eigenvalue weighted by Gasteiger charge is 2.40. The normalized spacial score (nSPS) is 21.5. The van der Waals surface area contributed by atoms with Crippen LogP contribution in [0.3, 0.4) is 0 Å². The molecular formula is C27H30N2O5. The molecule has 2 aromatic rings. The molecule has 1 saturated heterocycles. The first-order chi connectivity index (χ1) is 16.5. The first-order valence-corrected chi connectivity index (χ1v) is 12.1. The maximum absolute atomic E-state index is 13.2. The Morgan fingerprint density at radius 3 is 2.15 bits per heavy atom. The second-order valence-corrected chi connectivity index (χ2v) is 9.65. The number of ether oxygens (including phenoxy) is 1. The van der Waals surface area contributed by atoms with Crippen molar-refractivity contribution in [2.24, 2.45) is 11.8 Å². The molecule has 7 heteroatoms. The molecule has 0 bridgehead atoms. The van der Waals surface area contributed by atoms with Crippen LogP contribution in [0.2, 0.25) is 0 Å². The van der Waals surface area contributed by atoms with Crippen LogP contribution in [-0.2, 0) is 14.3 Å². The van der Waals surface area contributed by atoms with Crippen LogP contribution in [0.4, 0.5) is 4.79 Å². The van der Waals surface area contributed by atoms with Crippen molar-refractivity contribution in [3.63, 3.8) is 0 Å². The summed E-state index contributed by atoms with van der Waals surface area (Å²) in [5.74, 6) is -0.226. The molecule has 1 aliphatic heterocycles. The molecule has 2 aromatic carbocycles. The van der Waals surface area contributed by atoms with E-state index in [1.54, 1.807) is 4.90 Å². The summed E-state index contributed by atoms with van der Waals surface area (Å²) in [6.45, 7) is 1.53. The third kappa shape index (κ3) is 4.39. The lowest BCUT2D eigenvalue weighted by atomic mass is 9.98. The van der Waals surface area contributed by atoms with Gasteiger partial charge in [0, 0.05) is 25.4 Å². The van der Waals surface area contributed by atoms with E-state index in [1.807, 2.05) is 36.4 Å². The number of fused-ring (bicyclic) bond motifs is 4. The Morgan fingerprint density at radius 1 is 0.971 bits per heavy atom. The van der Waals surface area contributed by atoms with Crippen molar-refractivity contribution in [1.82, 2.24) is 10.2 Å². The van der Waals surface area contributed by atoms with E-state index >= 15 is 0 Å². The highest BCUT2D eigenvalue weighted by Crippen LogP contribution is 2.44. The Balaban J connectivity index is 1.24. The van der Waals surface area contributed by atoms with Gasteiger partial charge in [-0.05, 0) is 53.4 Å². The molecular weight excluding hydrogens is 432 g/mol. The summed E-state index contributed by atoms with van der Waals surface area (Å²) in [5.41, 5.74) is 4.50. The van der Waals surface area contributed by atoms with Gasteiger partial charge in [-0.25, -0.2) is 4.79 Å². The second-order valence-electron chi connectivity index (χ2n) is 9.65. The topological polar surface area (TPSA) is 95.9 Å². The van der Waals surface area contributed by atoms with Gasteiger partial charge in [0.2, 0.25) is 5.91 Å². The smallest absolute Gasteiger partial charge is 0.407 e. The zero-order valence-corrected chi connectivity index (χ0v) is 19.1. The van der Waals surface area contributed by atoms with Crippen LogP contribution in [0.5, 0.6) is 0 Å². The van der Waals surface area contributed by atoms with Crippen LogP contribution < -0.4 is 5.32 Å². The van der Waals surface area contributed by atoms with Crippen LogP contribution in [0.15, 0.2) is 48.5 Å². The molecule has 0 radical (unpaired) electrons. The molecule has 1 saturated carbocycles. The minimum atomic E-state index is -0.995. The van der Waals surface area contributed by atoms with Crippen molar-refractivity contribution >= 4 is 18.0 Å². The third-order valence-corrected chi connectivity index (χ3v) is 7.62. The monoisotopic (exact) mass is 462 g/mol. The van der Waals surface area contributed by atoms with E-state index in [0.29, 0.717) is 24.9 Å². The highest BCUT2D eigenvalue weighted by molar-refractivity contribution is 5.86. The number of nitrogens with zero attached hydrogens (tertiary/aromatic N) is 1. The second kappa shape index (κ2) is 9.49. The fourth-order valence-electron chi connectivity index (χ4n) is 5.94. The minimum Gasteiger partial charge on any atom is -0.481 e. The Hall–Kier alpha value is -3.35. The fourth-order valence-corrected chi connectivity index (χ4v) is 5.94. The van der Waals surface area contributed by atoms with Crippen LogP contribution >= 0.6 is 0 Å². The lowest BCUT2D eigenvalue weighted by Crippen LogP contribution is -2.48. The summed E-state index contributed by atoms with van der Waals surface area (Å²) < 4.78 is 5.60. The van der Waals surface area contributed by atoms with E-state index in [0.717, 1.165) is 35.1 Å². The lowest BCUT2D eigenvalue weighted by Gasteiger charge is -2.25. The van der Waals surface area contributed by atoms with Gasteiger partial charge < -0.3 is 20.1 Å². The first-order valence-electron chi connectivity index (χ1n) is 12.1. The van der Waals surface area contributed by atoms with E-state index in [4.69, 9.17) is 9.84 Å². The zero-order valence-electron chi connectivity index (χ0n) is 19.1. The quantitative estimate of drug-likeness (QED) is 0.648. The average molecular weight is 463 g/mol. The summed E-state index contributed by atoms with van der Waals surface area (Å²) in [6.07, 6.45) is 2.63. The Labute approximate surface area is 199 Å². The van der Waals surface area contributed by atoms with E-state index in [2.05, 4.69) is 17.4 Å². The summed E-state index contributed by atoms with van der Waals surface area (Å²) in [7, 11) is 0. The van der Waals surface area contributed by atoms with Crippen LogP contribution in [-0.4, -0.2) is 53.7 Å². The largest absolute Gasteiger partial charge is 0.481 e. The van der Waals surface area contributed by atoms with Gasteiger partial charge in [-0.15, -0.1) is 0 Å². The number of carbonyl (C=O) groups excluding carboxylic acids is 2. The fraction of sp³-hybridized carbons (Fsp3) is 0.444. The van der Waals surface area contributed by atoms with E-state index < -0.39 is 18.1 Å². The number of likely N-dealkylation sites (tertiary alicyclic amines) is 1. The van der Waals surface area contributed by atoms with Gasteiger partial charge in [-0.2, -0.15) is 0 Å². The molecule has 5 rings (SSSR count). The molecule has 34 heavy (non-hydrogen) atoms. The van der Waals surface area contributed by atoms with Crippen molar-refractivity contribution in [3.05, 3.63) is 59.7 Å². The number of benzene rings is 2.